The Balaban J connectivity index is 2.05. The highest BCUT2D eigenvalue weighted by atomic mass is 32.2. The molecule has 0 saturated heterocycles. The van der Waals surface area contributed by atoms with Crippen LogP contribution in [-0.2, 0) is 6.54 Å². The van der Waals surface area contributed by atoms with Crippen LogP contribution in [-0.4, -0.2) is 11.8 Å². The maximum absolute atomic E-state index is 12.5. The van der Waals surface area contributed by atoms with Crippen LogP contribution in [0.3, 0.4) is 0 Å². The summed E-state index contributed by atoms with van der Waals surface area (Å²) < 4.78 is 37.5. The van der Waals surface area contributed by atoms with Gasteiger partial charge in [-0.05, 0) is 47.8 Å². The van der Waals surface area contributed by atoms with Crippen molar-refractivity contribution in [3.63, 3.8) is 0 Å². The Morgan fingerprint density at radius 1 is 1.00 bits per heavy atom. The van der Waals surface area contributed by atoms with E-state index < -0.39 is 5.51 Å². The van der Waals surface area contributed by atoms with Crippen molar-refractivity contribution < 1.29 is 13.2 Å². The van der Waals surface area contributed by atoms with Gasteiger partial charge in [0.25, 0.3) is 0 Å². The van der Waals surface area contributed by atoms with Crippen LogP contribution in [0.4, 0.5) is 18.9 Å². The van der Waals surface area contributed by atoms with Gasteiger partial charge in [0.05, 0.1) is 0 Å². The number of alkyl halides is 3. The zero-order valence-corrected chi connectivity index (χ0v) is 12.9. The van der Waals surface area contributed by atoms with E-state index >= 15 is 0 Å². The number of nitrogens with one attached hydrogen (secondary N) is 1. The Bertz CT molecular complexity index is 582. The summed E-state index contributed by atoms with van der Waals surface area (Å²) in [6, 6.07) is 14.4. The molecule has 0 radical (unpaired) electrons. The van der Waals surface area contributed by atoms with Gasteiger partial charge in [0.2, 0.25) is 0 Å². The molecule has 0 aromatic heterocycles. The van der Waals surface area contributed by atoms with Crippen LogP contribution >= 0.6 is 23.5 Å². The van der Waals surface area contributed by atoms with E-state index in [9.17, 15) is 13.2 Å². The summed E-state index contributed by atoms with van der Waals surface area (Å²) in [5.41, 5.74) is -2.76. The fourth-order valence-corrected chi connectivity index (χ4v) is 2.82. The van der Waals surface area contributed by atoms with Crippen LogP contribution in [0.1, 0.15) is 5.56 Å². The van der Waals surface area contributed by atoms with Crippen molar-refractivity contribution in [3.8, 4) is 0 Å². The first kappa shape index (κ1) is 16.1. The zero-order valence-electron chi connectivity index (χ0n) is 11.3. The molecule has 0 aliphatic rings. The van der Waals surface area contributed by atoms with Crippen LogP contribution in [0.2, 0.25) is 0 Å². The van der Waals surface area contributed by atoms with E-state index in [1.54, 1.807) is 30.0 Å². The van der Waals surface area contributed by atoms with Crippen molar-refractivity contribution in [2.24, 2.45) is 0 Å². The molecule has 112 valence electrons. The monoisotopic (exact) mass is 329 g/mol. The lowest BCUT2D eigenvalue weighted by molar-refractivity contribution is -0.0327. The molecule has 2 aromatic rings. The Labute approximate surface area is 130 Å². The molecule has 0 saturated carbocycles. The first-order chi connectivity index (χ1) is 9.98. The predicted molar refractivity (Wildman–Crippen MR) is 83.9 cm³/mol. The van der Waals surface area contributed by atoms with Gasteiger partial charge in [-0.15, -0.1) is 11.8 Å². The highest BCUT2D eigenvalue weighted by molar-refractivity contribution is 8.00. The van der Waals surface area contributed by atoms with Crippen LogP contribution in [0.5, 0.6) is 0 Å². The molecule has 0 amide bonds. The summed E-state index contributed by atoms with van der Waals surface area (Å²) in [6.45, 7) is 0.490. The zero-order chi connectivity index (χ0) is 15.3. The highest BCUT2D eigenvalue weighted by Crippen LogP contribution is 2.40. The molecule has 0 fully saturated rings. The highest BCUT2D eigenvalue weighted by Gasteiger charge is 2.30. The molecule has 21 heavy (non-hydrogen) atoms. The average molecular weight is 329 g/mol. The molecular weight excluding hydrogens is 315 g/mol. The molecular formula is C15H14F3NS2. The minimum Gasteiger partial charge on any atom is -0.380 e. The summed E-state index contributed by atoms with van der Waals surface area (Å²) in [4.78, 5) is 1.34. The second-order valence-corrected chi connectivity index (χ2v) is 6.23. The molecule has 1 N–H and O–H groups in total. The molecule has 0 unspecified atom stereocenters. The SMILES string of the molecule is CSc1ccc(CNc2ccccc2SC(F)(F)F)cc1. The van der Waals surface area contributed by atoms with E-state index in [4.69, 9.17) is 0 Å². The van der Waals surface area contributed by atoms with Gasteiger partial charge >= 0.3 is 5.51 Å². The van der Waals surface area contributed by atoms with E-state index in [1.807, 2.05) is 30.5 Å². The fourth-order valence-electron chi connectivity index (χ4n) is 1.77. The van der Waals surface area contributed by atoms with Crippen LogP contribution in [0.15, 0.2) is 58.3 Å². The van der Waals surface area contributed by atoms with E-state index in [0.29, 0.717) is 12.2 Å². The van der Waals surface area contributed by atoms with E-state index in [2.05, 4.69) is 5.32 Å². The van der Waals surface area contributed by atoms with Gasteiger partial charge in [-0.25, -0.2) is 0 Å². The Kier molecular flexibility index (Phi) is 5.47. The molecule has 0 aliphatic heterocycles. The number of hydrogen-bond acceptors (Lipinski definition) is 3. The topological polar surface area (TPSA) is 12.0 Å². The molecule has 0 spiro atoms. The third-order valence-corrected chi connectivity index (χ3v) is 4.31. The fraction of sp³-hybridized carbons (Fsp3) is 0.200. The standard InChI is InChI=1S/C15H14F3NS2/c1-20-12-8-6-11(7-9-12)10-19-13-4-2-3-5-14(13)21-15(16,17)18/h2-9,19H,10H2,1H3. The predicted octanol–water partition coefficient (Wildman–Crippen LogP) is 5.63. The minimum absolute atomic E-state index is 0.0973. The molecule has 0 bridgehead atoms. The molecule has 6 heteroatoms. The molecule has 0 aliphatic carbocycles. The number of halogens is 3. The quantitative estimate of drug-likeness (QED) is 0.714. The summed E-state index contributed by atoms with van der Waals surface area (Å²) in [7, 11) is 0. The summed E-state index contributed by atoms with van der Waals surface area (Å²) in [5, 5.41) is 3.06. The second kappa shape index (κ2) is 7.13. The van der Waals surface area contributed by atoms with Crippen LogP contribution in [0.25, 0.3) is 0 Å². The van der Waals surface area contributed by atoms with Gasteiger partial charge in [-0.2, -0.15) is 13.2 Å². The largest absolute Gasteiger partial charge is 0.446 e. The van der Waals surface area contributed by atoms with E-state index in [-0.39, 0.29) is 16.7 Å². The Morgan fingerprint density at radius 3 is 2.29 bits per heavy atom. The maximum atomic E-state index is 12.5. The summed E-state index contributed by atoms with van der Waals surface area (Å²) in [5.74, 6) is 0. The minimum atomic E-state index is -4.28. The van der Waals surface area contributed by atoms with Crippen molar-refractivity contribution >= 4 is 29.2 Å². The number of para-hydroxylation sites is 1. The van der Waals surface area contributed by atoms with Crippen LogP contribution in [0, 0.1) is 0 Å². The Morgan fingerprint density at radius 2 is 1.67 bits per heavy atom. The molecule has 1 nitrogen and oxygen atoms in total. The van der Waals surface area contributed by atoms with Crippen molar-refractivity contribution in [1.82, 2.24) is 0 Å². The third kappa shape index (κ3) is 5.21. The van der Waals surface area contributed by atoms with Crippen molar-refractivity contribution in [2.45, 2.75) is 21.8 Å². The van der Waals surface area contributed by atoms with Gasteiger partial charge in [-0.1, -0.05) is 24.3 Å². The first-order valence-electron chi connectivity index (χ1n) is 6.19. The maximum Gasteiger partial charge on any atom is 0.446 e. The summed E-state index contributed by atoms with van der Waals surface area (Å²) in [6.07, 6.45) is 2.00. The molecule has 0 atom stereocenters. The molecule has 0 heterocycles. The number of rotatable bonds is 5. The first-order valence-corrected chi connectivity index (χ1v) is 8.23. The second-order valence-electron chi connectivity index (χ2n) is 4.25. The van der Waals surface area contributed by atoms with E-state index in [1.165, 1.54) is 6.07 Å². The normalized spacial score (nSPS) is 11.4. The average Bonchev–Trinajstić information content (AvgIpc) is 2.45. The van der Waals surface area contributed by atoms with Gasteiger partial charge in [0.1, 0.15) is 0 Å². The van der Waals surface area contributed by atoms with Crippen molar-refractivity contribution in [3.05, 3.63) is 54.1 Å². The number of hydrogen-bond donors (Lipinski definition) is 1. The van der Waals surface area contributed by atoms with Crippen LogP contribution < -0.4 is 5.32 Å². The lowest BCUT2D eigenvalue weighted by atomic mass is 10.2. The smallest absolute Gasteiger partial charge is 0.380 e. The van der Waals surface area contributed by atoms with E-state index in [0.717, 1.165) is 10.5 Å². The number of benzene rings is 2. The third-order valence-electron chi connectivity index (χ3n) is 2.75. The van der Waals surface area contributed by atoms with Gasteiger partial charge in [0, 0.05) is 22.0 Å². The molecule has 2 aromatic carbocycles. The number of anilines is 1. The summed E-state index contributed by atoms with van der Waals surface area (Å²) >= 11 is 1.55. The Hall–Kier alpha value is -1.27. The van der Waals surface area contributed by atoms with Gasteiger partial charge < -0.3 is 5.32 Å². The van der Waals surface area contributed by atoms with Gasteiger partial charge in [0.15, 0.2) is 0 Å². The lowest BCUT2D eigenvalue weighted by Gasteiger charge is -2.13. The number of thioether (sulfide) groups is 2. The van der Waals surface area contributed by atoms with Crippen molar-refractivity contribution in [2.75, 3.05) is 11.6 Å². The van der Waals surface area contributed by atoms with Gasteiger partial charge in [-0.3, -0.25) is 0 Å². The lowest BCUT2D eigenvalue weighted by Crippen LogP contribution is -2.04. The van der Waals surface area contributed by atoms with Crippen molar-refractivity contribution in [1.29, 1.82) is 0 Å². The molecule has 2 rings (SSSR count).